The van der Waals surface area contributed by atoms with Crippen molar-refractivity contribution in [3.8, 4) is 0 Å². The Morgan fingerprint density at radius 1 is 1.58 bits per heavy atom. The van der Waals surface area contributed by atoms with Crippen molar-refractivity contribution in [3.05, 3.63) is 35.0 Å². The molecule has 2 aromatic rings. The van der Waals surface area contributed by atoms with Crippen molar-refractivity contribution < 1.29 is 4.79 Å². The van der Waals surface area contributed by atoms with Gasteiger partial charge in [-0.05, 0) is 6.07 Å². The first-order valence-corrected chi connectivity index (χ1v) is 5.73. The van der Waals surface area contributed by atoms with Gasteiger partial charge in [0.1, 0.15) is 6.33 Å². The number of hydrogen-bond acceptors (Lipinski definition) is 6. The average Bonchev–Trinajstić information content (AvgIpc) is 2.81. The SMILES string of the molecule is Cn1cnnc1CNC(=O)c1cnc(NN)c(Cl)c1. The maximum absolute atomic E-state index is 11.9. The van der Waals surface area contributed by atoms with E-state index in [-0.39, 0.29) is 17.5 Å². The van der Waals surface area contributed by atoms with Gasteiger partial charge in [0.2, 0.25) is 0 Å². The lowest BCUT2D eigenvalue weighted by Crippen LogP contribution is -2.24. The monoisotopic (exact) mass is 281 g/mol. The second kappa shape index (κ2) is 5.63. The molecule has 0 saturated heterocycles. The first kappa shape index (κ1) is 13.2. The van der Waals surface area contributed by atoms with Crippen molar-refractivity contribution in [2.24, 2.45) is 12.9 Å². The quantitative estimate of drug-likeness (QED) is 0.541. The average molecular weight is 282 g/mol. The third kappa shape index (κ3) is 2.98. The Balaban J connectivity index is 2.04. The van der Waals surface area contributed by atoms with Crippen LogP contribution in [0.2, 0.25) is 5.02 Å². The van der Waals surface area contributed by atoms with E-state index in [0.29, 0.717) is 17.2 Å². The van der Waals surface area contributed by atoms with Gasteiger partial charge in [-0.15, -0.1) is 10.2 Å². The van der Waals surface area contributed by atoms with Crippen LogP contribution in [0.3, 0.4) is 0 Å². The van der Waals surface area contributed by atoms with E-state index in [4.69, 9.17) is 17.4 Å². The number of nitrogen functional groups attached to an aromatic ring is 1. The highest BCUT2D eigenvalue weighted by molar-refractivity contribution is 6.33. The van der Waals surface area contributed by atoms with Crippen LogP contribution in [-0.2, 0) is 13.6 Å². The van der Waals surface area contributed by atoms with E-state index in [0.717, 1.165) is 0 Å². The number of amides is 1. The molecule has 9 heteroatoms. The molecular weight excluding hydrogens is 270 g/mol. The van der Waals surface area contributed by atoms with Crippen molar-refractivity contribution in [2.45, 2.75) is 6.54 Å². The zero-order valence-electron chi connectivity index (χ0n) is 10.1. The first-order chi connectivity index (χ1) is 9.11. The second-order valence-electron chi connectivity index (χ2n) is 3.74. The molecule has 4 N–H and O–H groups in total. The summed E-state index contributed by atoms with van der Waals surface area (Å²) in [5, 5.41) is 10.5. The number of carbonyl (C=O) groups is 1. The van der Waals surface area contributed by atoms with E-state index in [2.05, 4.69) is 25.9 Å². The van der Waals surface area contributed by atoms with Crippen molar-refractivity contribution in [1.82, 2.24) is 25.1 Å². The Labute approximate surface area is 114 Å². The minimum absolute atomic E-state index is 0.268. The van der Waals surface area contributed by atoms with E-state index in [1.54, 1.807) is 17.9 Å². The van der Waals surface area contributed by atoms with Crippen LogP contribution in [0.4, 0.5) is 5.82 Å². The molecule has 100 valence electrons. The van der Waals surface area contributed by atoms with Gasteiger partial charge in [0.05, 0.1) is 17.1 Å². The summed E-state index contributed by atoms with van der Waals surface area (Å²) in [5.41, 5.74) is 2.67. The molecule has 0 fully saturated rings. The lowest BCUT2D eigenvalue weighted by Gasteiger charge is -2.06. The Morgan fingerprint density at radius 2 is 2.37 bits per heavy atom. The highest BCUT2D eigenvalue weighted by Crippen LogP contribution is 2.18. The smallest absolute Gasteiger partial charge is 0.253 e. The highest BCUT2D eigenvalue weighted by atomic mass is 35.5. The second-order valence-corrected chi connectivity index (χ2v) is 4.15. The predicted octanol–water partition coefficient (Wildman–Crippen LogP) is 0.0791. The van der Waals surface area contributed by atoms with Crippen LogP contribution in [0.15, 0.2) is 18.6 Å². The van der Waals surface area contributed by atoms with Gasteiger partial charge in [-0.3, -0.25) is 4.79 Å². The number of anilines is 1. The fourth-order valence-electron chi connectivity index (χ4n) is 1.40. The number of rotatable bonds is 4. The van der Waals surface area contributed by atoms with Crippen LogP contribution >= 0.6 is 11.6 Å². The molecule has 0 aromatic carbocycles. The molecule has 0 radical (unpaired) electrons. The lowest BCUT2D eigenvalue weighted by atomic mass is 10.2. The summed E-state index contributed by atoms with van der Waals surface area (Å²) in [5.74, 6) is 5.85. The number of aromatic nitrogens is 4. The van der Waals surface area contributed by atoms with Crippen molar-refractivity contribution in [2.75, 3.05) is 5.43 Å². The van der Waals surface area contributed by atoms with Crippen molar-refractivity contribution in [3.63, 3.8) is 0 Å². The van der Waals surface area contributed by atoms with E-state index < -0.39 is 0 Å². The topological polar surface area (TPSA) is 111 Å². The number of pyridine rings is 1. The number of halogens is 1. The molecule has 19 heavy (non-hydrogen) atoms. The Kier molecular flexibility index (Phi) is 3.93. The third-order valence-electron chi connectivity index (χ3n) is 2.45. The molecule has 0 bridgehead atoms. The summed E-state index contributed by atoms with van der Waals surface area (Å²) in [7, 11) is 1.79. The Bertz CT molecular complexity index is 597. The van der Waals surface area contributed by atoms with Crippen molar-refractivity contribution >= 4 is 23.3 Å². The van der Waals surface area contributed by atoms with E-state index in [1.807, 2.05) is 0 Å². The van der Waals surface area contributed by atoms with E-state index in [9.17, 15) is 4.79 Å². The molecule has 0 aliphatic carbocycles. The molecule has 8 nitrogen and oxygen atoms in total. The summed E-state index contributed by atoms with van der Waals surface area (Å²) in [6.45, 7) is 0.268. The minimum atomic E-state index is -0.305. The molecule has 2 heterocycles. The maximum atomic E-state index is 11.9. The molecule has 0 aliphatic rings. The van der Waals surface area contributed by atoms with Gasteiger partial charge in [-0.25, -0.2) is 10.8 Å². The van der Waals surface area contributed by atoms with Gasteiger partial charge in [0, 0.05) is 13.2 Å². The summed E-state index contributed by atoms with van der Waals surface area (Å²) in [6, 6.07) is 1.48. The number of nitrogens with two attached hydrogens (primary N) is 1. The van der Waals surface area contributed by atoms with Gasteiger partial charge in [0.15, 0.2) is 11.6 Å². The molecule has 2 rings (SSSR count). The van der Waals surface area contributed by atoms with E-state index >= 15 is 0 Å². The number of nitrogens with one attached hydrogen (secondary N) is 2. The number of carbonyl (C=O) groups excluding carboxylic acids is 1. The zero-order chi connectivity index (χ0) is 13.8. The predicted molar refractivity (Wildman–Crippen MR) is 69.2 cm³/mol. The molecule has 1 amide bonds. The van der Waals surface area contributed by atoms with Crippen LogP contribution in [0.5, 0.6) is 0 Å². The van der Waals surface area contributed by atoms with Gasteiger partial charge >= 0.3 is 0 Å². The van der Waals surface area contributed by atoms with Gasteiger partial charge in [-0.1, -0.05) is 11.6 Å². The largest absolute Gasteiger partial charge is 0.345 e. The highest BCUT2D eigenvalue weighted by Gasteiger charge is 2.10. The van der Waals surface area contributed by atoms with Crippen LogP contribution in [0.25, 0.3) is 0 Å². The fraction of sp³-hybridized carbons (Fsp3) is 0.200. The third-order valence-corrected chi connectivity index (χ3v) is 2.74. The lowest BCUT2D eigenvalue weighted by molar-refractivity contribution is 0.0949. The number of hydrogen-bond donors (Lipinski definition) is 3. The number of aryl methyl sites for hydroxylation is 1. The van der Waals surface area contributed by atoms with Gasteiger partial charge < -0.3 is 15.3 Å². The summed E-state index contributed by atoms with van der Waals surface area (Å²) < 4.78 is 1.72. The fourth-order valence-corrected chi connectivity index (χ4v) is 1.62. The molecule has 0 atom stereocenters. The zero-order valence-corrected chi connectivity index (χ0v) is 10.8. The Hall–Kier alpha value is -2.19. The van der Waals surface area contributed by atoms with E-state index in [1.165, 1.54) is 12.3 Å². The molecule has 0 spiro atoms. The van der Waals surface area contributed by atoms with Gasteiger partial charge in [-0.2, -0.15) is 0 Å². The van der Waals surface area contributed by atoms with Crippen LogP contribution in [0.1, 0.15) is 16.2 Å². The van der Waals surface area contributed by atoms with Gasteiger partial charge in [0.25, 0.3) is 5.91 Å². The number of nitrogens with zero attached hydrogens (tertiary/aromatic N) is 4. The van der Waals surface area contributed by atoms with Crippen LogP contribution in [0, 0.1) is 0 Å². The molecule has 0 unspecified atom stereocenters. The minimum Gasteiger partial charge on any atom is -0.345 e. The number of hydrazine groups is 1. The molecular formula is C10H12ClN7O. The van der Waals surface area contributed by atoms with Crippen LogP contribution < -0.4 is 16.6 Å². The summed E-state index contributed by atoms with van der Waals surface area (Å²) in [6.07, 6.45) is 2.94. The summed E-state index contributed by atoms with van der Waals surface area (Å²) in [4.78, 5) is 15.8. The summed E-state index contributed by atoms with van der Waals surface area (Å²) >= 11 is 5.89. The van der Waals surface area contributed by atoms with Crippen molar-refractivity contribution in [1.29, 1.82) is 0 Å². The molecule has 0 aliphatic heterocycles. The van der Waals surface area contributed by atoms with Crippen LogP contribution in [-0.4, -0.2) is 25.7 Å². The molecule has 2 aromatic heterocycles. The molecule has 0 saturated carbocycles. The first-order valence-electron chi connectivity index (χ1n) is 5.35. The maximum Gasteiger partial charge on any atom is 0.253 e. The normalized spacial score (nSPS) is 10.3. The Morgan fingerprint density at radius 3 is 2.95 bits per heavy atom. The standard InChI is InChI=1S/C10H12ClN7O/c1-18-5-15-17-8(18)4-14-10(19)6-2-7(11)9(16-12)13-3-6/h2-3,5H,4,12H2,1H3,(H,13,16)(H,14,19).